The zero-order valence-corrected chi connectivity index (χ0v) is 13.0. The number of quaternary nitrogens is 1. The van der Waals surface area contributed by atoms with E-state index in [0.717, 1.165) is 10.6 Å². The third kappa shape index (κ3) is 3.99. The standard InChI is InChI=1S/C16H18N3S/c1-19(2,3)16(20-4)10-15(14(11-17)12-18)13-8-6-5-7-9-13/h5-10H,1-4H3/q+1/b16-10+. The average molecular weight is 284 g/mol. The summed E-state index contributed by atoms with van der Waals surface area (Å²) in [4.78, 5) is 0. The monoisotopic (exact) mass is 284 g/mol. The molecule has 0 heterocycles. The van der Waals surface area contributed by atoms with Crippen molar-refractivity contribution in [3.63, 3.8) is 0 Å². The highest BCUT2D eigenvalue weighted by Gasteiger charge is 2.17. The summed E-state index contributed by atoms with van der Waals surface area (Å²) in [5.41, 5.74) is 1.69. The van der Waals surface area contributed by atoms with E-state index in [1.807, 2.05) is 54.8 Å². The Morgan fingerprint density at radius 3 is 2.05 bits per heavy atom. The van der Waals surface area contributed by atoms with Crippen LogP contribution in [0.15, 0.2) is 47.0 Å². The molecule has 0 saturated heterocycles. The first kappa shape index (κ1) is 16.0. The predicted molar refractivity (Wildman–Crippen MR) is 84.2 cm³/mol. The molecular formula is C16H18N3S+. The second-order valence-corrected chi connectivity index (χ2v) is 5.90. The Balaban J connectivity index is 3.52. The fourth-order valence-corrected chi connectivity index (χ4v) is 2.50. The normalized spacial score (nSPS) is 11.4. The van der Waals surface area contributed by atoms with Crippen molar-refractivity contribution in [3.05, 3.63) is 52.6 Å². The molecule has 20 heavy (non-hydrogen) atoms. The largest absolute Gasteiger partial charge is 0.293 e. The van der Waals surface area contributed by atoms with E-state index in [-0.39, 0.29) is 5.57 Å². The molecular weight excluding hydrogens is 266 g/mol. The van der Waals surface area contributed by atoms with E-state index in [1.54, 1.807) is 11.8 Å². The van der Waals surface area contributed by atoms with Crippen LogP contribution in [0, 0.1) is 22.7 Å². The maximum absolute atomic E-state index is 9.17. The molecule has 0 aliphatic heterocycles. The molecule has 1 aromatic carbocycles. The van der Waals surface area contributed by atoms with E-state index >= 15 is 0 Å². The van der Waals surface area contributed by atoms with Gasteiger partial charge in [-0.2, -0.15) is 10.5 Å². The Morgan fingerprint density at radius 1 is 1.10 bits per heavy atom. The number of thioether (sulfide) groups is 1. The number of rotatable bonds is 4. The van der Waals surface area contributed by atoms with Gasteiger partial charge in [-0.15, -0.1) is 0 Å². The molecule has 0 fully saturated rings. The second kappa shape index (κ2) is 6.96. The lowest BCUT2D eigenvalue weighted by Gasteiger charge is -2.25. The first-order chi connectivity index (χ1) is 9.43. The first-order valence-electron chi connectivity index (χ1n) is 6.11. The number of nitrogens with zero attached hydrogens (tertiary/aromatic N) is 3. The van der Waals surface area contributed by atoms with Crippen LogP contribution in [-0.2, 0) is 0 Å². The van der Waals surface area contributed by atoms with Crippen molar-refractivity contribution < 1.29 is 4.48 Å². The van der Waals surface area contributed by atoms with Crippen molar-refractivity contribution in [1.82, 2.24) is 0 Å². The Morgan fingerprint density at radius 2 is 1.65 bits per heavy atom. The Bertz CT molecular complexity index is 592. The smallest absolute Gasteiger partial charge is 0.167 e. The lowest BCUT2D eigenvalue weighted by atomic mass is 10.0. The molecule has 1 rings (SSSR count). The Labute approximate surface area is 125 Å². The van der Waals surface area contributed by atoms with Gasteiger partial charge in [-0.05, 0) is 11.8 Å². The van der Waals surface area contributed by atoms with Crippen LogP contribution in [0.3, 0.4) is 0 Å². The van der Waals surface area contributed by atoms with E-state index in [1.165, 1.54) is 0 Å². The minimum Gasteiger partial charge on any atom is -0.293 e. The highest BCUT2D eigenvalue weighted by Crippen LogP contribution is 2.28. The van der Waals surface area contributed by atoms with Crippen LogP contribution < -0.4 is 0 Å². The van der Waals surface area contributed by atoms with Gasteiger partial charge < -0.3 is 0 Å². The van der Waals surface area contributed by atoms with Gasteiger partial charge in [0.1, 0.15) is 17.7 Å². The van der Waals surface area contributed by atoms with Crippen LogP contribution >= 0.6 is 11.8 Å². The SMILES string of the molecule is CS/C(=C/C(=C(C#N)C#N)c1ccccc1)[N+](C)(C)C. The number of hydrogen-bond donors (Lipinski definition) is 0. The summed E-state index contributed by atoms with van der Waals surface area (Å²) < 4.78 is 0.641. The van der Waals surface area contributed by atoms with Crippen molar-refractivity contribution in [1.29, 1.82) is 10.5 Å². The van der Waals surface area contributed by atoms with Crippen LogP contribution in [0.1, 0.15) is 5.56 Å². The molecule has 0 amide bonds. The summed E-state index contributed by atoms with van der Waals surface area (Å²) in [6.45, 7) is 0. The van der Waals surface area contributed by atoms with Crippen molar-refractivity contribution >= 4 is 17.3 Å². The highest BCUT2D eigenvalue weighted by atomic mass is 32.2. The maximum Gasteiger partial charge on any atom is 0.167 e. The van der Waals surface area contributed by atoms with Crippen LogP contribution in [0.5, 0.6) is 0 Å². The molecule has 102 valence electrons. The highest BCUT2D eigenvalue weighted by molar-refractivity contribution is 8.02. The molecule has 0 radical (unpaired) electrons. The molecule has 0 aliphatic rings. The number of allylic oxidation sites excluding steroid dienone is 3. The molecule has 0 saturated carbocycles. The lowest BCUT2D eigenvalue weighted by Crippen LogP contribution is -2.31. The van der Waals surface area contributed by atoms with E-state index in [4.69, 9.17) is 0 Å². The molecule has 0 N–H and O–H groups in total. The number of hydrogen-bond acceptors (Lipinski definition) is 3. The summed E-state index contributed by atoms with van der Waals surface area (Å²) in [5.74, 6) is 0. The summed E-state index contributed by atoms with van der Waals surface area (Å²) in [5, 5.41) is 19.4. The van der Waals surface area contributed by atoms with Gasteiger partial charge in [0.25, 0.3) is 0 Å². The molecule has 4 heteroatoms. The Kier molecular flexibility index (Phi) is 5.58. The van der Waals surface area contributed by atoms with E-state index in [9.17, 15) is 10.5 Å². The lowest BCUT2D eigenvalue weighted by molar-refractivity contribution is -0.822. The van der Waals surface area contributed by atoms with Crippen LogP contribution in [0.4, 0.5) is 0 Å². The molecule has 3 nitrogen and oxygen atoms in total. The molecule has 0 aromatic heterocycles. The minimum atomic E-state index is 0.135. The Hall–Kier alpha value is -2.01. The molecule has 1 aromatic rings. The number of nitriles is 2. The van der Waals surface area contributed by atoms with Crippen LogP contribution in [-0.4, -0.2) is 31.9 Å². The van der Waals surface area contributed by atoms with Crippen molar-refractivity contribution in [3.8, 4) is 12.1 Å². The van der Waals surface area contributed by atoms with Crippen molar-refractivity contribution in [2.45, 2.75) is 0 Å². The molecule has 0 bridgehead atoms. The van der Waals surface area contributed by atoms with Crippen LogP contribution in [0.25, 0.3) is 5.57 Å². The van der Waals surface area contributed by atoms with Gasteiger partial charge in [-0.1, -0.05) is 42.1 Å². The minimum absolute atomic E-state index is 0.135. The molecule has 0 unspecified atom stereocenters. The first-order valence-corrected chi connectivity index (χ1v) is 7.34. The molecule has 0 aliphatic carbocycles. The molecule has 0 spiro atoms. The summed E-state index contributed by atoms with van der Waals surface area (Å²) in [6.07, 6.45) is 3.93. The maximum atomic E-state index is 9.17. The predicted octanol–water partition coefficient (Wildman–Crippen LogP) is 3.40. The molecule has 0 atom stereocenters. The van der Waals surface area contributed by atoms with Crippen molar-refractivity contribution in [2.24, 2.45) is 0 Å². The van der Waals surface area contributed by atoms with E-state index in [0.29, 0.717) is 10.1 Å². The van der Waals surface area contributed by atoms with Gasteiger partial charge in [0, 0.05) is 11.6 Å². The summed E-state index contributed by atoms with van der Waals surface area (Å²) in [6, 6.07) is 13.5. The zero-order valence-electron chi connectivity index (χ0n) is 12.2. The van der Waals surface area contributed by atoms with Gasteiger partial charge in [0.2, 0.25) is 0 Å². The summed E-state index contributed by atoms with van der Waals surface area (Å²) >= 11 is 1.62. The quantitative estimate of drug-likeness (QED) is 0.483. The van der Waals surface area contributed by atoms with Gasteiger partial charge in [0.05, 0.1) is 21.1 Å². The average Bonchev–Trinajstić information content (AvgIpc) is 2.43. The van der Waals surface area contributed by atoms with Crippen LogP contribution in [0.2, 0.25) is 0 Å². The number of benzene rings is 1. The fourth-order valence-electron chi connectivity index (χ4n) is 1.71. The van der Waals surface area contributed by atoms with Gasteiger partial charge in [-0.3, -0.25) is 4.48 Å². The van der Waals surface area contributed by atoms with Gasteiger partial charge >= 0.3 is 0 Å². The van der Waals surface area contributed by atoms with Gasteiger partial charge in [-0.25, -0.2) is 0 Å². The topological polar surface area (TPSA) is 47.6 Å². The third-order valence-corrected chi connectivity index (χ3v) is 3.80. The third-order valence-electron chi connectivity index (χ3n) is 2.72. The van der Waals surface area contributed by atoms with E-state index < -0.39 is 0 Å². The second-order valence-electron chi connectivity index (χ2n) is 5.08. The van der Waals surface area contributed by atoms with E-state index in [2.05, 4.69) is 21.1 Å². The summed E-state index contributed by atoms with van der Waals surface area (Å²) in [7, 11) is 6.18. The fraction of sp³-hybridized carbons (Fsp3) is 0.250. The zero-order chi connectivity index (χ0) is 15.2. The van der Waals surface area contributed by atoms with Crippen molar-refractivity contribution in [2.75, 3.05) is 27.4 Å². The van der Waals surface area contributed by atoms with Gasteiger partial charge in [0.15, 0.2) is 5.03 Å².